The van der Waals surface area contributed by atoms with E-state index in [0.717, 1.165) is 68.0 Å². The topological polar surface area (TPSA) is 70.2 Å². The summed E-state index contributed by atoms with van der Waals surface area (Å²) < 4.78 is 5.37. The molecule has 0 saturated heterocycles. The molecule has 0 bridgehead atoms. The molecule has 0 saturated carbocycles. The fourth-order valence-corrected chi connectivity index (χ4v) is 4.80. The number of nitrogens with zero attached hydrogens (tertiary/aromatic N) is 2. The van der Waals surface area contributed by atoms with Crippen molar-refractivity contribution in [1.82, 2.24) is 20.4 Å². The maximum absolute atomic E-state index is 12.7. The number of aryl methyl sites for hydroxylation is 1. The highest BCUT2D eigenvalue weighted by Crippen LogP contribution is 2.38. The van der Waals surface area contributed by atoms with Crippen LogP contribution < -0.4 is 10.1 Å². The zero-order valence-electron chi connectivity index (χ0n) is 20.8. The van der Waals surface area contributed by atoms with Crippen molar-refractivity contribution in [3.8, 4) is 28.3 Å². The number of H-pyrrole nitrogens is 1. The number of carbonyl (C=O) groups excluding carboxylic acids is 1. The van der Waals surface area contributed by atoms with Crippen LogP contribution in [0.1, 0.15) is 55.1 Å². The molecule has 3 aromatic rings. The average molecular weight is 461 g/mol. The minimum absolute atomic E-state index is 0.0196. The molecule has 0 aliphatic heterocycles. The van der Waals surface area contributed by atoms with Gasteiger partial charge in [-0.1, -0.05) is 26.0 Å². The van der Waals surface area contributed by atoms with E-state index in [-0.39, 0.29) is 11.9 Å². The minimum atomic E-state index is -0.0196. The molecule has 0 unspecified atom stereocenters. The number of hydrogen-bond donors (Lipinski definition) is 2. The smallest absolute Gasteiger partial charge is 0.251 e. The number of carbonyl (C=O) groups is 1. The summed E-state index contributed by atoms with van der Waals surface area (Å²) in [4.78, 5) is 15.1. The molecule has 4 rings (SSSR count). The SMILES string of the molecule is CCN(CC)CCC[C@@H](C)NC(=O)c1ccc(-c2n[nH]c3c2CCc2cc(OC)ccc2-3)cc1. The van der Waals surface area contributed by atoms with Crippen molar-refractivity contribution in [2.24, 2.45) is 0 Å². The maximum Gasteiger partial charge on any atom is 0.251 e. The van der Waals surface area contributed by atoms with Crippen LogP contribution in [-0.4, -0.2) is 53.8 Å². The molecule has 1 aromatic heterocycles. The Bertz CT molecular complexity index is 1120. The van der Waals surface area contributed by atoms with E-state index < -0.39 is 0 Å². The predicted octanol–water partition coefficient (Wildman–Crippen LogP) is 5.09. The van der Waals surface area contributed by atoms with Gasteiger partial charge in [0.25, 0.3) is 5.91 Å². The fraction of sp³-hybridized carbons (Fsp3) is 0.429. The Kier molecular flexibility index (Phi) is 7.68. The second-order valence-electron chi connectivity index (χ2n) is 9.07. The molecule has 1 aliphatic rings. The van der Waals surface area contributed by atoms with E-state index in [2.05, 4.69) is 53.3 Å². The lowest BCUT2D eigenvalue weighted by molar-refractivity contribution is 0.0937. The molecular formula is C28H36N4O2. The predicted molar refractivity (Wildman–Crippen MR) is 137 cm³/mol. The van der Waals surface area contributed by atoms with Gasteiger partial charge in [-0.2, -0.15) is 5.10 Å². The Morgan fingerprint density at radius 1 is 1.15 bits per heavy atom. The van der Waals surface area contributed by atoms with Crippen LogP contribution in [0.4, 0.5) is 0 Å². The number of nitrogens with one attached hydrogen (secondary N) is 2. The lowest BCUT2D eigenvalue weighted by Gasteiger charge is -2.20. The van der Waals surface area contributed by atoms with Crippen molar-refractivity contribution >= 4 is 5.91 Å². The number of amides is 1. The van der Waals surface area contributed by atoms with Crippen LogP contribution in [0.2, 0.25) is 0 Å². The molecule has 1 aliphatic carbocycles. The molecule has 2 N–H and O–H groups in total. The van der Waals surface area contributed by atoms with Gasteiger partial charge in [-0.3, -0.25) is 9.89 Å². The van der Waals surface area contributed by atoms with Crippen LogP contribution in [0.5, 0.6) is 5.75 Å². The minimum Gasteiger partial charge on any atom is -0.497 e. The first-order valence-electron chi connectivity index (χ1n) is 12.4. The highest BCUT2D eigenvalue weighted by molar-refractivity contribution is 5.95. The van der Waals surface area contributed by atoms with Crippen LogP contribution in [0.25, 0.3) is 22.5 Å². The monoisotopic (exact) mass is 460 g/mol. The average Bonchev–Trinajstić information content (AvgIpc) is 3.31. The first-order valence-corrected chi connectivity index (χ1v) is 12.4. The molecular weight excluding hydrogens is 424 g/mol. The summed E-state index contributed by atoms with van der Waals surface area (Å²) in [5, 5.41) is 11.0. The maximum atomic E-state index is 12.7. The standard InChI is InChI=1S/C28H36N4O2/c1-5-32(6-2)17-7-8-19(3)29-28(33)21-11-9-20(10-12-21)26-25-15-13-22-18-23(34-4)14-16-24(22)27(25)31-30-26/h9-12,14,16,18-19H,5-8,13,15,17H2,1-4H3,(H,29,33)(H,30,31)/t19-/m1/s1. The number of benzene rings is 2. The fourth-order valence-electron chi connectivity index (χ4n) is 4.80. The van der Waals surface area contributed by atoms with Crippen LogP contribution >= 0.6 is 0 Å². The van der Waals surface area contributed by atoms with Gasteiger partial charge in [0.05, 0.1) is 18.5 Å². The van der Waals surface area contributed by atoms with Crippen molar-refractivity contribution in [2.45, 2.75) is 52.5 Å². The number of aromatic nitrogens is 2. The highest BCUT2D eigenvalue weighted by Gasteiger charge is 2.23. The highest BCUT2D eigenvalue weighted by atomic mass is 16.5. The quantitative estimate of drug-likeness (QED) is 0.442. The van der Waals surface area contributed by atoms with E-state index in [1.165, 1.54) is 16.7 Å². The summed E-state index contributed by atoms with van der Waals surface area (Å²) in [7, 11) is 1.70. The van der Waals surface area contributed by atoms with Gasteiger partial charge < -0.3 is 15.0 Å². The third kappa shape index (κ3) is 5.17. The van der Waals surface area contributed by atoms with Crippen LogP contribution in [0, 0.1) is 0 Å². The molecule has 2 aromatic carbocycles. The number of aromatic amines is 1. The van der Waals surface area contributed by atoms with E-state index in [1.807, 2.05) is 30.3 Å². The summed E-state index contributed by atoms with van der Waals surface area (Å²) in [6, 6.07) is 14.2. The van der Waals surface area contributed by atoms with Gasteiger partial charge in [-0.25, -0.2) is 0 Å². The first kappa shape index (κ1) is 24.0. The molecule has 1 heterocycles. The van der Waals surface area contributed by atoms with Gasteiger partial charge in [-0.05, 0) is 88.1 Å². The van der Waals surface area contributed by atoms with Crippen LogP contribution in [-0.2, 0) is 12.8 Å². The molecule has 180 valence electrons. The Morgan fingerprint density at radius 3 is 2.62 bits per heavy atom. The van der Waals surface area contributed by atoms with Gasteiger partial charge >= 0.3 is 0 Å². The number of fused-ring (bicyclic) bond motifs is 3. The summed E-state index contributed by atoms with van der Waals surface area (Å²) >= 11 is 0. The third-order valence-corrected chi connectivity index (χ3v) is 6.90. The Balaban J connectivity index is 1.41. The second kappa shape index (κ2) is 10.9. The summed E-state index contributed by atoms with van der Waals surface area (Å²) in [5.41, 5.74) is 7.45. The Morgan fingerprint density at radius 2 is 1.91 bits per heavy atom. The summed E-state index contributed by atoms with van der Waals surface area (Å²) in [6.07, 6.45) is 3.95. The van der Waals surface area contributed by atoms with Crippen molar-refractivity contribution < 1.29 is 9.53 Å². The van der Waals surface area contributed by atoms with E-state index in [0.29, 0.717) is 5.56 Å². The van der Waals surface area contributed by atoms with Gasteiger partial charge in [0.2, 0.25) is 0 Å². The van der Waals surface area contributed by atoms with Crippen LogP contribution in [0.15, 0.2) is 42.5 Å². The third-order valence-electron chi connectivity index (χ3n) is 6.90. The molecule has 6 nitrogen and oxygen atoms in total. The van der Waals surface area contributed by atoms with Crippen molar-refractivity contribution in [3.63, 3.8) is 0 Å². The largest absolute Gasteiger partial charge is 0.497 e. The lowest BCUT2D eigenvalue weighted by Crippen LogP contribution is -2.33. The van der Waals surface area contributed by atoms with E-state index in [9.17, 15) is 4.79 Å². The molecule has 6 heteroatoms. The number of methoxy groups -OCH3 is 1. The first-order chi connectivity index (χ1) is 16.5. The Hall–Kier alpha value is -3.12. The van der Waals surface area contributed by atoms with E-state index in [4.69, 9.17) is 4.74 Å². The number of rotatable bonds is 10. The molecule has 1 amide bonds. The van der Waals surface area contributed by atoms with Gasteiger partial charge in [0.1, 0.15) is 5.75 Å². The molecule has 1 atom stereocenters. The lowest BCUT2D eigenvalue weighted by atomic mass is 9.87. The van der Waals surface area contributed by atoms with Gasteiger partial charge in [0, 0.05) is 28.3 Å². The van der Waals surface area contributed by atoms with Crippen molar-refractivity contribution in [1.29, 1.82) is 0 Å². The second-order valence-corrected chi connectivity index (χ2v) is 9.07. The Labute approximate surface area is 202 Å². The van der Waals surface area contributed by atoms with Gasteiger partial charge in [0.15, 0.2) is 0 Å². The van der Waals surface area contributed by atoms with E-state index >= 15 is 0 Å². The normalized spacial score (nSPS) is 13.3. The number of ether oxygens (including phenoxy) is 1. The van der Waals surface area contributed by atoms with Gasteiger partial charge in [-0.15, -0.1) is 0 Å². The zero-order chi connectivity index (χ0) is 24.1. The van der Waals surface area contributed by atoms with Crippen LogP contribution in [0.3, 0.4) is 0 Å². The molecule has 0 fully saturated rings. The molecule has 34 heavy (non-hydrogen) atoms. The molecule has 0 spiro atoms. The zero-order valence-corrected chi connectivity index (χ0v) is 20.8. The summed E-state index contributed by atoms with van der Waals surface area (Å²) in [5.74, 6) is 0.864. The molecule has 0 radical (unpaired) electrons. The van der Waals surface area contributed by atoms with Crippen molar-refractivity contribution in [3.05, 3.63) is 59.2 Å². The number of hydrogen-bond acceptors (Lipinski definition) is 4. The summed E-state index contributed by atoms with van der Waals surface area (Å²) in [6.45, 7) is 9.68. The van der Waals surface area contributed by atoms with Crippen molar-refractivity contribution in [2.75, 3.05) is 26.7 Å². The van der Waals surface area contributed by atoms with E-state index in [1.54, 1.807) is 7.11 Å².